The van der Waals surface area contributed by atoms with Crippen LogP contribution < -0.4 is 5.73 Å². The van der Waals surface area contributed by atoms with Crippen molar-refractivity contribution in [2.24, 2.45) is 5.73 Å². The zero-order chi connectivity index (χ0) is 5.11. The summed E-state index contributed by atoms with van der Waals surface area (Å²) in [7, 11) is 0. The van der Waals surface area contributed by atoms with Crippen molar-refractivity contribution in [3.8, 4) is 0 Å². The van der Waals surface area contributed by atoms with Crippen LogP contribution in [0.5, 0.6) is 0 Å². The molecular weight excluding hydrogens is 86.1 g/mol. The predicted molar refractivity (Wildman–Crippen MR) is 30.9 cm³/mol. The molecule has 2 N–H and O–H groups in total. The molecule has 7 heavy (non-hydrogen) atoms. The van der Waals surface area contributed by atoms with Crippen molar-refractivity contribution in [3.05, 3.63) is 23.8 Å². The van der Waals surface area contributed by atoms with Crippen molar-refractivity contribution < 1.29 is 0 Å². The summed E-state index contributed by atoms with van der Waals surface area (Å²) in [5.41, 5.74) is 6.66. The van der Waals surface area contributed by atoms with Crippen LogP contribution in [0.4, 0.5) is 0 Å². The Labute approximate surface area is 43.5 Å². The molecule has 0 unspecified atom stereocenters. The van der Waals surface area contributed by atoms with Crippen molar-refractivity contribution >= 4 is 0 Å². The van der Waals surface area contributed by atoms with E-state index in [2.05, 4.69) is 12.2 Å². The van der Waals surface area contributed by atoms with Gasteiger partial charge in [-0.1, -0.05) is 23.8 Å². The van der Waals surface area contributed by atoms with Crippen molar-refractivity contribution in [2.45, 2.75) is 6.42 Å². The molecule has 1 aliphatic rings. The summed E-state index contributed by atoms with van der Waals surface area (Å²) in [6, 6.07) is 0. The van der Waals surface area contributed by atoms with Crippen molar-refractivity contribution in [3.63, 3.8) is 0 Å². The van der Waals surface area contributed by atoms with E-state index in [-0.39, 0.29) is 0 Å². The minimum Gasteiger partial charge on any atom is -0.327 e. The SMILES string of the molecule is NCC1=CC=CC1. The average Bonchev–Trinajstić information content (AvgIpc) is 2.14. The summed E-state index contributed by atoms with van der Waals surface area (Å²) in [6.07, 6.45) is 7.29. The predicted octanol–water partition coefficient (Wildman–Crippen LogP) is 0.831. The average molecular weight is 95.1 g/mol. The fourth-order valence-corrected chi connectivity index (χ4v) is 0.643. The van der Waals surface area contributed by atoms with Gasteiger partial charge in [0.05, 0.1) is 0 Å². The largest absolute Gasteiger partial charge is 0.327 e. The van der Waals surface area contributed by atoms with Crippen LogP contribution in [0.3, 0.4) is 0 Å². The summed E-state index contributed by atoms with van der Waals surface area (Å²) >= 11 is 0. The first-order chi connectivity index (χ1) is 3.43. The van der Waals surface area contributed by atoms with Gasteiger partial charge in [0.1, 0.15) is 0 Å². The molecule has 1 nitrogen and oxygen atoms in total. The third-order valence-corrected chi connectivity index (χ3v) is 1.11. The lowest BCUT2D eigenvalue weighted by atomic mass is 10.2. The standard InChI is InChI=1S/C6H9N/c7-5-6-3-1-2-4-6/h1-3H,4-5,7H2. The first-order valence-electron chi connectivity index (χ1n) is 2.48. The molecule has 0 heterocycles. The Balaban J connectivity index is 2.45. The molecule has 0 aromatic heterocycles. The van der Waals surface area contributed by atoms with Crippen LogP contribution in [0.25, 0.3) is 0 Å². The van der Waals surface area contributed by atoms with Crippen LogP contribution in [-0.2, 0) is 0 Å². The maximum Gasteiger partial charge on any atom is 0.0143 e. The molecule has 0 fully saturated rings. The van der Waals surface area contributed by atoms with E-state index in [1.165, 1.54) is 5.57 Å². The molecule has 0 aromatic carbocycles. The van der Waals surface area contributed by atoms with E-state index >= 15 is 0 Å². The van der Waals surface area contributed by atoms with E-state index in [0.29, 0.717) is 6.54 Å². The van der Waals surface area contributed by atoms with Gasteiger partial charge in [-0.25, -0.2) is 0 Å². The zero-order valence-electron chi connectivity index (χ0n) is 4.22. The third kappa shape index (κ3) is 0.904. The molecule has 0 atom stereocenters. The van der Waals surface area contributed by atoms with Gasteiger partial charge in [0.15, 0.2) is 0 Å². The van der Waals surface area contributed by atoms with Crippen LogP contribution >= 0.6 is 0 Å². The van der Waals surface area contributed by atoms with Crippen molar-refractivity contribution in [1.82, 2.24) is 0 Å². The van der Waals surface area contributed by atoms with E-state index < -0.39 is 0 Å². The van der Waals surface area contributed by atoms with E-state index in [0.717, 1.165) is 6.42 Å². The Morgan fingerprint density at radius 3 is 2.86 bits per heavy atom. The number of hydrogen-bond donors (Lipinski definition) is 1. The van der Waals surface area contributed by atoms with Crippen LogP contribution in [0.1, 0.15) is 6.42 Å². The molecule has 38 valence electrons. The lowest BCUT2D eigenvalue weighted by Crippen LogP contribution is -1.99. The Morgan fingerprint density at radius 2 is 2.57 bits per heavy atom. The van der Waals surface area contributed by atoms with E-state index in [1.54, 1.807) is 0 Å². The second-order valence-corrected chi connectivity index (χ2v) is 1.66. The quantitative estimate of drug-likeness (QED) is 0.513. The van der Waals surface area contributed by atoms with E-state index in [9.17, 15) is 0 Å². The molecule has 1 aliphatic carbocycles. The lowest BCUT2D eigenvalue weighted by molar-refractivity contribution is 1.09. The fourth-order valence-electron chi connectivity index (χ4n) is 0.643. The second-order valence-electron chi connectivity index (χ2n) is 1.66. The molecular formula is C6H9N. The van der Waals surface area contributed by atoms with Gasteiger partial charge in [-0.15, -0.1) is 0 Å². The highest BCUT2D eigenvalue weighted by molar-refractivity contribution is 5.23. The van der Waals surface area contributed by atoms with E-state index in [1.807, 2.05) is 6.08 Å². The molecule has 0 saturated carbocycles. The maximum absolute atomic E-state index is 5.33. The van der Waals surface area contributed by atoms with Gasteiger partial charge in [-0.3, -0.25) is 0 Å². The number of nitrogens with two attached hydrogens (primary N) is 1. The first kappa shape index (κ1) is 4.60. The van der Waals surface area contributed by atoms with E-state index in [4.69, 9.17) is 5.73 Å². The third-order valence-electron chi connectivity index (χ3n) is 1.11. The molecule has 0 radical (unpaired) electrons. The topological polar surface area (TPSA) is 26.0 Å². The summed E-state index contributed by atoms with van der Waals surface area (Å²) in [5, 5.41) is 0. The van der Waals surface area contributed by atoms with Crippen molar-refractivity contribution in [2.75, 3.05) is 6.54 Å². The van der Waals surface area contributed by atoms with Gasteiger partial charge in [0.25, 0.3) is 0 Å². The monoisotopic (exact) mass is 95.1 g/mol. The van der Waals surface area contributed by atoms with Crippen molar-refractivity contribution in [1.29, 1.82) is 0 Å². The zero-order valence-corrected chi connectivity index (χ0v) is 4.22. The second kappa shape index (κ2) is 1.94. The van der Waals surface area contributed by atoms with Gasteiger partial charge >= 0.3 is 0 Å². The molecule has 0 bridgehead atoms. The number of hydrogen-bond acceptors (Lipinski definition) is 1. The molecule has 0 aromatic rings. The van der Waals surface area contributed by atoms with Gasteiger partial charge in [0.2, 0.25) is 0 Å². The van der Waals surface area contributed by atoms with Gasteiger partial charge in [-0.05, 0) is 6.42 Å². The number of rotatable bonds is 1. The molecule has 0 amide bonds. The summed E-state index contributed by atoms with van der Waals surface area (Å²) in [5.74, 6) is 0. The Morgan fingerprint density at radius 1 is 1.71 bits per heavy atom. The van der Waals surface area contributed by atoms with Crippen LogP contribution in [0.2, 0.25) is 0 Å². The Hall–Kier alpha value is -0.560. The highest BCUT2D eigenvalue weighted by Crippen LogP contribution is 2.06. The summed E-state index contributed by atoms with van der Waals surface area (Å²) in [4.78, 5) is 0. The first-order valence-corrected chi connectivity index (χ1v) is 2.48. The van der Waals surface area contributed by atoms with Gasteiger partial charge in [-0.2, -0.15) is 0 Å². The smallest absolute Gasteiger partial charge is 0.0143 e. The molecule has 0 saturated heterocycles. The number of allylic oxidation sites excluding steroid dienone is 3. The Kier molecular flexibility index (Phi) is 1.27. The molecule has 0 aliphatic heterocycles. The summed E-state index contributed by atoms with van der Waals surface area (Å²) in [6.45, 7) is 0.715. The highest BCUT2D eigenvalue weighted by Gasteiger charge is 1.92. The highest BCUT2D eigenvalue weighted by atomic mass is 14.5. The minimum atomic E-state index is 0.715. The van der Waals surface area contributed by atoms with Crippen LogP contribution in [0.15, 0.2) is 23.8 Å². The van der Waals surface area contributed by atoms with Crippen LogP contribution in [-0.4, -0.2) is 6.54 Å². The van der Waals surface area contributed by atoms with Gasteiger partial charge < -0.3 is 5.73 Å². The molecule has 1 heteroatoms. The Bertz CT molecular complexity index is 111. The van der Waals surface area contributed by atoms with Crippen LogP contribution in [0, 0.1) is 0 Å². The minimum absolute atomic E-state index is 0.715. The van der Waals surface area contributed by atoms with Gasteiger partial charge in [0, 0.05) is 6.54 Å². The maximum atomic E-state index is 5.33. The summed E-state index contributed by atoms with van der Waals surface area (Å²) < 4.78 is 0. The molecule has 1 rings (SSSR count). The fraction of sp³-hybridized carbons (Fsp3) is 0.333. The normalized spacial score (nSPS) is 17.6. The molecule has 0 spiro atoms. The lowest BCUT2D eigenvalue weighted by Gasteiger charge is -1.89.